The Kier molecular flexibility index (Phi) is 21.2. The highest BCUT2D eigenvalue weighted by molar-refractivity contribution is 8.42. The van der Waals surface area contributed by atoms with E-state index in [9.17, 15) is 49.1 Å². The fourth-order valence-electron chi connectivity index (χ4n) is 6.14. The molecule has 0 fully saturated rings. The fraction of sp³-hybridized carbons (Fsp3) is 0.500. The lowest BCUT2D eigenvalue weighted by molar-refractivity contribution is 0.136. The van der Waals surface area contributed by atoms with Crippen LogP contribution in [-0.4, -0.2) is 30.0 Å². The van der Waals surface area contributed by atoms with Crippen LogP contribution in [0.4, 0.5) is 38.9 Å². The lowest BCUT2D eigenvalue weighted by Gasteiger charge is -2.40. The second-order valence-corrected chi connectivity index (χ2v) is 21.4. The maximum absolute atomic E-state index is 12.2. The van der Waals surface area contributed by atoms with Gasteiger partial charge < -0.3 is 14.4 Å². The lowest BCUT2D eigenvalue weighted by atomic mass is 9.89. The molecular formula is C48H72F10O4S2. The van der Waals surface area contributed by atoms with Crippen molar-refractivity contribution >= 4 is 21.0 Å². The van der Waals surface area contributed by atoms with Crippen LogP contribution in [0.2, 0.25) is 0 Å². The molecule has 0 aliphatic heterocycles. The molecule has 370 valence electrons. The summed E-state index contributed by atoms with van der Waals surface area (Å²) in [4.78, 5) is 0. The highest BCUT2D eigenvalue weighted by Crippen LogP contribution is 2.98. The standard InChI is InChI=1S/C12H17F5OS.C12H18O.C12H18.C11H15F5O2S.CH4/c1-9(2)12(8-18-19(13,14,15,16)17)11-6-4-10(3)5-7-11;1-9(2)12(8-13)11-6-4-10(3)5-7-11;1-9(2)11(4)12-7-5-10(3)6-8-12;1-8(2)11(7-17)9-4-3-5-10(6-9)18-19(12,13,14,15)16;/h4-7,9,12H,8H2,1-3H3;4-7,9,12-13H,8H2,1-3H3;5-9,11H,1-4H3;3-6,8,11,17H,7H2,1-2H3;1H4. The predicted octanol–water partition coefficient (Wildman–Crippen LogP) is 18.1. The van der Waals surface area contributed by atoms with Gasteiger partial charge in [-0.3, -0.25) is 0 Å². The van der Waals surface area contributed by atoms with E-state index in [1.807, 2.05) is 6.92 Å². The summed E-state index contributed by atoms with van der Waals surface area (Å²) in [7, 11) is -19.8. The third-order valence-corrected chi connectivity index (χ3v) is 11.5. The number of hydrogen-bond donors (Lipinski definition) is 2. The molecule has 0 radical (unpaired) electrons. The third-order valence-electron chi connectivity index (χ3n) is 10.4. The molecule has 4 aromatic carbocycles. The van der Waals surface area contributed by atoms with Crippen LogP contribution in [-0.2, 0) is 4.18 Å². The van der Waals surface area contributed by atoms with Gasteiger partial charge >= 0.3 is 21.0 Å². The van der Waals surface area contributed by atoms with Gasteiger partial charge in [-0.1, -0.05) is 210 Å². The summed E-state index contributed by atoms with van der Waals surface area (Å²) in [5, 5.41) is 18.4. The van der Waals surface area contributed by atoms with E-state index in [1.54, 1.807) is 52.0 Å². The molecule has 2 N–H and O–H groups in total. The van der Waals surface area contributed by atoms with Gasteiger partial charge in [0.15, 0.2) is 0 Å². The molecule has 0 aliphatic rings. The normalized spacial score (nSPS) is 15.8. The molecule has 4 nitrogen and oxygen atoms in total. The number of hydrogen-bond acceptors (Lipinski definition) is 4. The second kappa shape index (κ2) is 22.4. The molecule has 0 heterocycles. The molecule has 4 aromatic rings. The van der Waals surface area contributed by atoms with E-state index in [0.717, 1.165) is 23.6 Å². The van der Waals surface area contributed by atoms with E-state index < -0.39 is 45.2 Å². The van der Waals surface area contributed by atoms with Crippen LogP contribution in [0.3, 0.4) is 0 Å². The molecule has 4 atom stereocenters. The predicted molar refractivity (Wildman–Crippen MR) is 250 cm³/mol. The Bertz CT molecular complexity index is 1960. The first kappa shape index (κ1) is 60.6. The molecule has 16 heteroatoms. The molecule has 64 heavy (non-hydrogen) atoms. The number of rotatable bonds is 15. The third kappa shape index (κ3) is 25.3. The van der Waals surface area contributed by atoms with Gasteiger partial charge in [-0.05, 0) is 84.7 Å². The summed E-state index contributed by atoms with van der Waals surface area (Å²) in [5.41, 5.74) is 7.12. The van der Waals surface area contributed by atoms with Crippen molar-refractivity contribution in [1.29, 1.82) is 0 Å². The summed E-state index contributed by atoms with van der Waals surface area (Å²) in [5.74, 6) is -0.281. The molecular weight excluding hydrogens is 895 g/mol. The molecule has 0 spiro atoms. The molecule has 0 saturated heterocycles. The molecule has 0 amide bonds. The first-order chi connectivity index (χ1) is 28.3. The topological polar surface area (TPSA) is 58.9 Å². The van der Waals surface area contributed by atoms with Crippen LogP contribution < -0.4 is 4.18 Å². The number of halogens is 10. The Balaban J connectivity index is 0.000000838. The van der Waals surface area contributed by atoms with E-state index in [1.165, 1.54) is 34.4 Å². The van der Waals surface area contributed by atoms with Crippen molar-refractivity contribution in [2.24, 2.45) is 23.7 Å². The van der Waals surface area contributed by atoms with Crippen molar-refractivity contribution < 1.29 is 57.4 Å². The minimum Gasteiger partial charge on any atom is -0.396 e. The van der Waals surface area contributed by atoms with Crippen molar-refractivity contribution in [3.63, 3.8) is 0 Å². The van der Waals surface area contributed by atoms with Gasteiger partial charge in [-0.15, -0.1) is 0 Å². The molecule has 0 saturated carbocycles. The zero-order valence-electron chi connectivity index (χ0n) is 38.3. The highest BCUT2D eigenvalue weighted by atomic mass is 32.5. The van der Waals surface area contributed by atoms with E-state index in [2.05, 4.69) is 105 Å². The first-order valence-corrected chi connectivity index (χ1v) is 24.4. The molecule has 0 aromatic heterocycles. The average Bonchev–Trinajstić information content (AvgIpc) is 3.12. The summed E-state index contributed by atoms with van der Waals surface area (Å²) in [6.07, 6.45) is 0. The maximum atomic E-state index is 12.2. The van der Waals surface area contributed by atoms with Gasteiger partial charge in [0, 0.05) is 17.8 Å². The minimum absolute atomic E-state index is 0. The Morgan fingerprint density at radius 2 is 0.781 bits per heavy atom. The van der Waals surface area contributed by atoms with Gasteiger partial charge in [-0.2, -0.15) is 0 Å². The second-order valence-electron chi connectivity index (χ2n) is 17.4. The Labute approximate surface area is 376 Å². The van der Waals surface area contributed by atoms with Gasteiger partial charge in [0.25, 0.3) is 0 Å². The Morgan fingerprint density at radius 3 is 1.09 bits per heavy atom. The van der Waals surface area contributed by atoms with Crippen molar-refractivity contribution in [2.75, 3.05) is 19.8 Å². The number of aliphatic hydroxyl groups excluding tert-OH is 2. The molecule has 4 rings (SSSR count). The van der Waals surface area contributed by atoms with E-state index >= 15 is 0 Å². The molecule has 0 aliphatic carbocycles. The zero-order valence-corrected chi connectivity index (χ0v) is 39.9. The van der Waals surface area contributed by atoms with E-state index in [4.69, 9.17) is 0 Å². The van der Waals surface area contributed by atoms with Gasteiger partial charge in [0.1, 0.15) is 5.75 Å². The molecule has 0 bridgehead atoms. The number of aryl methyl sites for hydroxylation is 3. The van der Waals surface area contributed by atoms with Crippen LogP contribution in [0.15, 0.2) is 97.1 Å². The van der Waals surface area contributed by atoms with Crippen molar-refractivity contribution in [2.45, 2.75) is 114 Å². The smallest absolute Gasteiger partial charge is 0.396 e. The van der Waals surface area contributed by atoms with Crippen LogP contribution in [0.1, 0.15) is 132 Å². The van der Waals surface area contributed by atoms with Crippen LogP contribution in [0.5, 0.6) is 5.75 Å². The quantitative estimate of drug-likeness (QED) is 0.117. The summed E-state index contributed by atoms with van der Waals surface area (Å²) >= 11 is 0. The summed E-state index contributed by atoms with van der Waals surface area (Å²) in [6.45, 7) is 22.9. The van der Waals surface area contributed by atoms with Crippen LogP contribution >= 0.6 is 21.0 Å². The summed E-state index contributed by atoms with van der Waals surface area (Å²) in [6, 6.07) is 28.3. The van der Waals surface area contributed by atoms with Gasteiger partial charge in [0.2, 0.25) is 0 Å². The van der Waals surface area contributed by atoms with Crippen LogP contribution in [0.25, 0.3) is 0 Å². The summed E-state index contributed by atoms with van der Waals surface area (Å²) < 4.78 is 128. The minimum atomic E-state index is -9.96. The maximum Gasteiger partial charge on any atom is 0.435 e. The zero-order chi connectivity index (χ0) is 48.9. The largest absolute Gasteiger partial charge is 0.435 e. The van der Waals surface area contributed by atoms with E-state index in [0.29, 0.717) is 23.0 Å². The van der Waals surface area contributed by atoms with E-state index in [-0.39, 0.29) is 38.4 Å². The Morgan fingerprint density at radius 1 is 0.438 bits per heavy atom. The number of aliphatic hydroxyl groups is 2. The van der Waals surface area contributed by atoms with Crippen molar-refractivity contribution in [1.82, 2.24) is 0 Å². The Hall–Kier alpha value is -3.44. The first-order valence-electron chi connectivity index (χ1n) is 20.7. The van der Waals surface area contributed by atoms with Crippen molar-refractivity contribution in [3.05, 3.63) is 136 Å². The van der Waals surface area contributed by atoms with Gasteiger partial charge in [-0.25, -0.2) is 4.18 Å². The highest BCUT2D eigenvalue weighted by Gasteiger charge is 2.67. The van der Waals surface area contributed by atoms with Gasteiger partial charge in [0.05, 0.1) is 19.8 Å². The fourth-order valence-corrected chi connectivity index (χ4v) is 7.01. The van der Waals surface area contributed by atoms with Crippen molar-refractivity contribution in [3.8, 4) is 5.75 Å². The van der Waals surface area contributed by atoms with Crippen LogP contribution in [0, 0.1) is 44.4 Å². The average molecular weight is 967 g/mol. The number of benzene rings is 4. The molecule has 4 unspecified atom stereocenters. The monoisotopic (exact) mass is 966 g/mol. The SMILES string of the molecule is C.CC(C)C(CO)c1cccc(OS(F)(F)(F)(F)F)c1.Cc1ccc(C(C)C(C)C)cc1.Cc1ccc(C(CO)C(C)C)cc1.Cc1ccc(C(COS(F)(F)(F)(F)F)C(C)C)cc1. The lowest BCUT2D eigenvalue weighted by Crippen LogP contribution is -2.19.